The van der Waals surface area contributed by atoms with Crippen LogP contribution in [0.25, 0.3) is 16.9 Å². The highest BCUT2D eigenvalue weighted by Crippen LogP contribution is 2.28. The minimum Gasteiger partial charge on any atom is -0.371 e. The van der Waals surface area contributed by atoms with E-state index < -0.39 is 0 Å². The van der Waals surface area contributed by atoms with Crippen molar-refractivity contribution in [2.45, 2.75) is 6.54 Å². The van der Waals surface area contributed by atoms with E-state index in [0.29, 0.717) is 18.1 Å². The third-order valence-corrected chi connectivity index (χ3v) is 6.20. The van der Waals surface area contributed by atoms with Gasteiger partial charge in [-0.3, -0.25) is 4.79 Å². The van der Waals surface area contributed by atoms with E-state index in [1.807, 2.05) is 53.6 Å². The highest BCUT2D eigenvalue weighted by molar-refractivity contribution is 6.30. The van der Waals surface area contributed by atoms with Crippen LogP contribution < -0.4 is 0 Å². The van der Waals surface area contributed by atoms with E-state index in [0.717, 1.165) is 54.5 Å². The summed E-state index contributed by atoms with van der Waals surface area (Å²) in [5.41, 5.74) is 4.89. The second-order valence-electron chi connectivity index (χ2n) is 7.96. The third kappa shape index (κ3) is 3.57. The summed E-state index contributed by atoms with van der Waals surface area (Å²) >= 11 is 6.08. The van der Waals surface area contributed by atoms with Crippen LogP contribution >= 0.6 is 11.6 Å². The summed E-state index contributed by atoms with van der Waals surface area (Å²) in [6.45, 7) is 5.14. The molecular weight excluding hydrogens is 398 g/mol. The van der Waals surface area contributed by atoms with E-state index in [9.17, 15) is 4.79 Å². The van der Waals surface area contributed by atoms with Crippen LogP contribution in [-0.4, -0.2) is 69.8 Å². The molecule has 1 amide bonds. The SMILES string of the molecule is CN1CCN(C2=CC(=O)N(Cc3c(-c4ccc(Cl)cc4)nc4ccccn34)C2)CC1. The lowest BCUT2D eigenvalue weighted by molar-refractivity contribution is -0.125. The zero-order valence-electron chi connectivity index (χ0n) is 17.0. The van der Waals surface area contributed by atoms with Crippen molar-refractivity contribution >= 4 is 23.2 Å². The molecule has 1 fully saturated rings. The van der Waals surface area contributed by atoms with Crippen LogP contribution in [0, 0.1) is 0 Å². The molecule has 7 heteroatoms. The van der Waals surface area contributed by atoms with Gasteiger partial charge in [-0.05, 0) is 31.3 Å². The van der Waals surface area contributed by atoms with E-state index >= 15 is 0 Å². The van der Waals surface area contributed by atoms with Crippen LogP contribution in [0.5, 0.6) is 0 Å². The van der Waals surface area contributed by atoms with E-state index in [4.69, 9.17) is 16.6 Å². The van der Waals surface area contributed by atoms with Crippen molar-refractivity contribution in [1.82, 2.24) is 24.1 Å². The Morgan fingerprint density at radius 1 is 1.03 bits per heavy atom. The van der Waals surface area contributed by atoms with Gasteiger partial charge < -0.3 is 19.1 Å². The lowest BCUT2D eigenvalue weighted by atomic mass is 10.1. The largest absolute Gasteiger partial charge is 0.371 e. The average Bonchev–Trinajstić information content (AvgIpc) is 3.30. The van der Waals surface area contributed by atoms with Crippen LogP contribution in [0.15, 0.2) is 60.4 Å². The normalized spacial score (nSPS) is 17.8. The second-order valence-corrected chi connectivity index (χ2v) is 8.40. The number of fused-ring (bicyclic) bond motifs is 1. The molecule has 0 bridgehead atoms. The molecule has 0 radical (unpaired) electrons. The number of hydrogen-bond acceptors (Lipinski definition) is 4. The molecule has 2 aromatic heterocycles. The standard InChI is InChI=1S/C23H24ClN5O/c1-26-10-12-27(13-11-26)19-14-22(30)28(15-19)16-20-23(17-5-7-18(24)8-6-17)25-21-4-2-3-9-29(20)21/h2-9,14H,10-13,15-16H2,1H3. The van der Waals surface area contributed by atoms with Crippen molar-refractivity contribution in [2.24, 2.45) is 0 Å². The van der Waals surface area contributed by atoms with Crippen molar-refractivity contribution < 1.29 is 4.79 Å². The van der Waals surface area contributed by atoms with Gasteiger partial charge in [-0.2, -0.15) is 0 Å². The van der Waals surface area contributed by atoms with Gasteiger partial charge >= 0.3 is 0 Å². The molecule has 30 heavy (non-hydrogen) atoms. The van der Waals surface area contributed by atoms with E-state index in [1.54, 1.807) is 6.08 Å². The van der Waals surface area contributed by atoms with Crippen molar-refractivity contribution in [3.63, 3.8) is 0 Å². The lowest BCUT2D eigenvalue weighted by Gasteiger charge is -2.35. The van der Waals surface area contributed by atoms with Crippen molar-refractivity contribution in [3.05, 3.63) is 71.2 Å². The molecule has 1 aromatic carbocycles. The van der Waals surface area contributed by atoms with Crippen molar-refractivity contribution in [2.75, 3.05) is 39.8 Å². The first-order chi connectivity index (χ1) is 14.6. The third-order valence-electron chi connectivity index (χ3n) is 5.95. The summed E-state index contributed by atoms with van der Waals surface area (Å²) in [5, 5.41) is 0.694. The fourth-order valence-corrected chi connectivity index (χ4v) is 4.32. The van der Waals surface area contributed by atoms with E-state index in [2.05, 4.69) is 21.2 Å². The summed E-state index contributed by atoms with van der Waals surface area (Å²) in [4.78, 5) is 24.2. The average molecular weight is 422 g/mol. The first-order valence-electron chi connectivity index (χ1n) is 10.2. The summed E-state index contributed by atoms with van der Waals surface area (Å²) in [5.74, 6) is 0.0665. The Hall–Kier alpha value is -2.83. The number of pyridine rings is 1. The Morgan fingerprint density at radius 3 is 2.57 bits per heavy atom. The molecule has 5 rings (SSSR count). The molecule has 2 aliphatic rings. The number of imidazole rings is 1. The maximum atomic E-state index is 12.8. The number of piperazine rings is 1. The minimum atomic E-state index is 0.0665. The minimum absolute atomic E-state index is 0.0665. The highest BCUT2D eigenvalue weighted by atomic mass is 35.5. The smallest absolute Gasteiger partial charge is 0.249 e. The van der Waals surface area contributed by atoms with Gasteiger partial charge in [-0.1, -0.05) is 29.8 Å². The fourth-order valence-electron chi connectivity index (χ4n) is 4.19. The maximum absolute atomic E-state index is 12.8. The summed E-state index contributed by atoms with van der Waals surface area (Å²) in [6.07, 6.45) is 3.81. The van der Waals surface area contributed by atoms with Gasteiger partial charge in [-0.15, -0.1) is 0 Å². The number of likely N-dealkylation sites (N-methyl/N-ethyl adjacent to an activating group) is 1. The van der Waals surface area contributed by atoms with Crippen LogP contribution in [0.2, 0.25) is 5.02 Å². The molecule has 0 atom stereocenters. The monoisotopic (exact) mass is 421 g/mol. The predicted octanol–water partition coefficient (Wildman–Crippen LogP) is 3.13. The van der Waals surface area contributed by atoms with Crippen LogP contribution in [0.4, 0.5) is 0 Å². The van der Waals surface area contributed by atoms with Gasteiger partial charge in [0.15, 0.2) is 0 Å². The summed E-state index contributed by atoms with van der Waals surface area (Å²) < 4.78 is 2.07. The number of rotatable bonds is 4. The number of amides is 1. The quantitative estimate of drug-likeness (QED) is 0.649. The van der Waals surface area contributed by atoms with Crippen LogP contribution in [0.1, 0.15) is 5.69 Å². The summed E-state index contributed by atoms with van der Waals surface area (Å²) in [6, 6.07) is 13.7. The zero-order valence-corrected chi connectivity index (χ0v) is 17.7. The van der Waals surface area contributed by atoms with Gasteiger partial charge in [0.2, 0.25) is 5.91 Å². The molecule has 2 aliphatic heterocycles. The van der Waals surface area contributed by atoms with Gasteiger partial charge in [0.05, 0.1) is 24.5 Å². The van der Waals surface area contributed by atoms with Crippen LogP contribution in [0.3, 0.4) is 0 Å². The molecule has 0 aliphatic carbocycles. The topological polar surface area (TPSA) is 44.1 Å². The Morgan fingerprint density at radius 2 is 1.80 bits per heavy atom. The molecular formula is C23H24ClN5O. The number of carbonyl (C=O) groups is 1. The lowest BCUT2D eigenvalue weighted by Crippen LogP contribution is -2.44. The molecule has 0 saturated carbocycles. The first-order valence-corrected chi connectivity index (χ1v) is 10.6. The molecule has 4 heterocycles. The number of halogens is 1. The zero-order chi connectivity index (χ0) is 20.7. The van der Waals surface area contributed by atoms with Gasteiger partial charge in [0, 0.05) is 54.7 Å². The molecule has 0 spiro atoms. The second kappa shape index (κ2) is 7.78. The Labute approximate surface area is 181 Å². The maximum Gasteiger partial charge on any atom is 0.249 e. The molecule has 0 unspecified atom stereocenters. The predicted molar refractivity (Wildman–Crippen MR) is 118 cm³/mol. The number of carbonyl (C=O) groups excluding carboxylic acids is 1. The first kappa shape index (κ1) is 19.2. The number of hydrogen-bond donors (Lipinski definition) is 0. The van der Waals surface area contributed by atoms with E-state index in [1.165, 1.54) is 0 Å². The van der Waals surface area contributed by atoms with Crippen molar-refractivity contribution in [1.29, 1.82) is 0 Å². The van der Waals surface area contributed by atoms with Gasteiger partial charge in [0.25, 0.3) is 0 Å². The molecule has 0 N–H and O–H groups in total. The van der Waals surface area contributed by atoms with Crippen LogP contribution in [-0.2, 0) is 11.3 Å². The molecule has 6 nitrogen and oxygen atoms in total. The Bertz CT molecular complexity index is 1110. The molecule has 1 saturated heterocycles. The number of nitrogens with zero attached hydrogens (tertiary/aromatic N) is 5. The Balaban J connectivity index is 1.43. The molecule has 3 aromatic rings. The number of aromatic nitrogens is 2. The van der Waals surface area contributed by atoms with Gasteiger partial charge in [0.1, 0.15) is 5.65 Å². The van der Waals surface area contributed by atoms with E-state index in [-0.39, 0.29) is 5.91 Å². The fraction of sp³-hybridized carbons (Fsp3) is 0.304. The Kier molecular flexibility index (Phi) is 4.97. The summed E-state index contributed by atoms with van der Waals surface area (Å²) in [7, 11) is 2.14. The molecule has 154 valence electrons. The van der Waals surface area contributed by atoms with Crippen molar-refractivity contribution in [3.8, 4) is 11.3 Å². The van der Waals surface area contributed by atoms with Gasteiger partial charge in [-0.25, -0.2) is 4.98 Å². The highest BCUT2D eigenvalue weighted by Gasteiger charge is 2.28. The number of benzene rings is 1.